The van der Waals surface area contributed by atoms with E-state index < -0.39 is 13.4 Å². The first-order valence-corrected chi connectivity index (χ1v) is 14.3. The minimum Gasteiger partial charge on any atom is -0.451 e. The minimum atomic E-state index is -4.05. The van der Waals surface area contributed by atoms with Crippen LogP contribution in [0, 0.1) is 34.5 Å². The Hall–Kier alpha value is -0.720. The standard InChI is InChI=1S/C25H40NO6P/c1-16-14-22(27)31-25(16)11-8-21-19-5-4-17-15-18(32-33(28,29)30-13-12-26)6-9-23(17,2)20(19)7-10-24(21,25)3/h14,17-21H,4-13,15,26H2,1-3H3,(H,28,29)/t17-,18?,19?,20+,21+,23+,24+,25+/m1/s1. The molecule has 5 aliphatic rings. The molecule has 7 nitrogen and oxygen atoms in total. The number of phosphoric ester groups is 1. The van der Waals surface area contributed by atoms with E-state index in [1.165, 1.54) is 12.8 Å². The Morgan fingerprint density at radius 3 is 2.61 bits per heavy atom. The molecule has 1 heterocycles. The second kappa shape index (κ2) is 8.16. The van der Waals surface area contributed by atoms with Crippen LogP contribution in [0.15, 0.2) is 11.6 Å². The van der Waals surface area contributed by atoms with Crippen molar-refractivity contribution in [2.24, 2.45) is 40.2 Å². The quantitative estimate of drug-likeness (QED) is 0.432. The largest absolute Gasteiger partial charge is 0.472 e. The molecule has 0 bridgehead atoms. The van der Waals surface area contributed by atoms with E-state index in [0.717, 1.165) is 50.5 Å². The molecule has 0 aromatic rings. The van der Waals surface area contributed by atoms with Crippen molar-refractivity contribution in [3.63, 3.8) is 0 Å². The zero-order chi connectivity index (χ0) is 23.6. The third kappa shape index (κ3) is 3.60. The number of hydrogen-bond acceptors (Lipinski definition) is 6. The normalized spacial score (nSPS) is 48.5. The topological polar surface area (TPSA) is 108 Å². The number of ether oxygens (including phenoxy) is 1. The van der Waals surface area contributed by atoms with E-state index in [1.807, 2.05) is 0 Å². The van der Waals surface area contributed by atoms with Crippen LogP contribution in [-0.2, 0) is 23.1 Å². The van der Waals surface area contributed by atoms with Crippen molar-refractivity contribution in [3.05, 3.63) is 11.6 Å². The summed E-state index contributed by atoms with van der Waals surface area (Å²) in [5, 5.41) is 0. The van der Waals surface area contributed by atoms with E-state index in [1.54, 1.807) is 6.08 Å². The Balaban J connectivity index is 1.31. The molecule has 0 amide bonds. The van der Waals surface area contributed by atoms with Crippen LogP contribution in [0.3, 0.4) is 0 Å². The zero-order valence-corrected chi connectivity index (χ0v) is 21.1. The SMILES string of the molecule is CC1=CC(=O)O[C@@]12CC[C@H]1C3CC[C@@H]4CC(OP(=O)(O)OCCN)CC[C@]4(C)[C@H]3CC[C@@]12C. The zero-order valence-electron chi connectivity index (χ0n) is 20.3. The summed E-state index contributed by atoms with van der Waals surface area (Å²) in [6.45, 7) is 7.15. The van der Waals surface area contributed by atoms with Gasteiger partial charge < -0.3 is 15.4 Å². The third-order valence-electron chi connectivity index (χ3n) is 10.6. The molecular weight excluding hydrogens is 441 g/mol. The molecule has 0 saturated heterocycles. The molecule has 3 N–H and O–H groups in total. The van der Waals surface area contributed by atoms with Gasteiger partial charge in [-0.15, -0.1) is 0 Å². The molecule has 8 heteroatoms. The number of carbonyl (C=O) groups is 1. The Bertz CT molecular complexity index is 892. The highest BCUT2D eigenvalue weighted by Crippen LogP contribution is 2.70. The first-order chi connectivity index (χ1) is 15.5. The van der Waals surface area contributed by atoms with Gasteiger partial charge in [-0.1, -0.05) is 13.8 Å². The summed E-state index contributed by atoms with van der Waals surface area (Å²) in [5.41, 5.74) is 6.38. The first kappa shape index (κ1) is 24.0. The van der Waals surface area contributed by atoms with Gasteiger partial charge in [-0.2, -0.15) is 0 Å². The number of nitrogens with two attached hydrogens (primary N) is 1. The van der Waals surface area contributed by atoms with Gasteiger partial charge in [0.1, 0.15) is 5.60 Å². The van der Waals surface area contributed by atoms with Crippen LogP contribution in [-0.4, -0.2) is 35.7 Å². The van der Waals surface area contributed by atoms with Crippen LogP contribution < -0.4 is 5.73 Å². The lowest BCUT2D eigenvalue weighted by molar-refractivity contribution is -0.172. The molecule has 1 aliphatic heterocycles. The highest BCUT2D eigenvalue weighted by atomic mass is 31.2. The number of esters is 1. The van der Waals surface area contributed by atoms with E-state index in [2.05, 4.69) is 20.8 Å². The van der Waals surface area contributed by atoms with Gasteiger partial charge in [-0.3, -0.25) is 9.05 Å². The number of hydrogen-bond donors (Lipinski definition) is 2. The van der Waals surface area contributed by atoms with Crippen LogP contribution in [0.25, 0.3) is 0 Å². The van der Waals surface area contributed by atoms with Crippen molar-refractivity contribution in [2.75, 3.05) is 13.2 Å². The van der Waals surface area contributed by atoms with Gasteiger partial charge in [0.2, 0.25) is 0 Å². The Morgan fingerprint density at radius 1 is 1.15 bits per heavy atom. The lowest BCUT2D eigenvalue weighted by Crippen LogP contribution is -2.57. The fraction of sp³-hybridized carbons (Fsp3) is 0.880. The summed E-state index contributed by atoms with van der Waals surface area (Å²) in [6, 6.07) is 0. The van der Waals surface area contributed by atoms with Crippen molar-refractivity contribution in [1.82, 2.24) is 0 Å². The second-order valence-electron chi connectivity index (χ2n) is 11.8. The van der Waals surface area contributed by atoms with Crippen molar-refractivity contribution >= 4 is 13.8 Å². The van der Waals surface area contributed by atoms with Crippen molar-refractivity contribution in [1.29, 1.82) is 0 Å². The lowest BCUT2D eigenvalue weighted by Gasteiger charge is -2.61. The van der Waals surface area contributed by atoms with Crippen LogP contribution in [0.2, 0.25) is 0 Å². The lowest BCUT2D eigenvalue weighted by atomic mass is 9.44. The number of rotatable bonds is 5. The Morgan fingerprint density at radius 2 is 1.91 bits per heavy atom. The van der Waals surface area contributed by atoms with Gasteiger partial charge in [-0.25, -0.2) is 9.36 Å². The number of phosphoric acid groups is 1. The Labute approximate surface area is 197 Å². The van der Waals surface area contributed by atoms with Crippen LogP contribution in [0.4, 0.5) is 0 Å². The molecular formula is C25H40NO6P. The fourth-order valence-electron chi connectivity index (χ4n) is 9.09. The molecule has 0 radical (unpaired) electrons. The summed E-state index contributed by atoms with van der Waals surface area (Å²) < 4.78 is 28.9. The van der Waals surface area contributed by atoms with E-state index in [0.29, 0.717) is 23.7 Å². The van der Waals surface area contributed by atoms with Crippen LogP contribution >= 0.6 is 7.82 Å². The predicted molar refractivity (Wildman–Crippen MR) is 124 cm³/mol. The molecule has 5 rings (SSSR count). The van der Waals surface area contributed by atoms with Gasteiger partial charge in [0.15, 0.2) is 0 Å². The van der Waals surface area contributed by atoms with Gasteiger partial charge >= 0.3 is 13.8 Å². The van der Waals surface area contributed by atoms with Gasteiger partial charge in [0.05, 0.1) is 12.7 Å². The molecule has 186 valence electrons. The van der Waals surface area contributed by atoms with Crippen molar-refractivity contribution in [3.8, 4) is 0 Å². The molecule has 0 aromatic carbocycles. The van der Waals surface area contributed by atoms with Gasteiger partial charge in [-0.05, 0) is 99.4 Å². The molecule has 4 saturated carbocycles. The summed E-state index contributed by atoms with van der Waals surface area (Å²) >= 11 is 0. The van der Waals surface area contributed by atoms with Crippen LogP contribution in [0.1, 0.15) is 78.6 Å². The third-order valence-corrected chi connectivity index (χ3v) is 11.7. The van der Waals surface area contributed by atoms with E-state index >= 15 is 0 Å². The highest BCUT2D eigenvalue weighted by molar-refractivity contribution is 7.47. The van der Waals surface area contributed by atoms with Crippen molar-refractivity contribution in [2.45, 2.75) is 90.3 Å². The molecule has 33 heavy (non-hydrogen) atoms. The summed E-state index contributed by atoms with van der Waals surface area (Å²) in [7, 11) is -4.05. The Kier molecular flexibility index (Phi) is 5.93. The number of fused-ring (bicyclic) bond motifs is 6. The summed E-state index contributed by atoms with van der Waals surface area (Å²) in [4.78, 5) is 22.2. The van der Waals surface area contributed by atoms with Gasteiger partial charge in [0.25, 0.3) is 0 Å². The summed E-state index contributed by atoms with van der Waals surface area (Å²) in [5.74, 6) is 2.23. The van der Waals surface area contributed by atoms with E-state index in [9.17, 15) is 14.3 Å². The molecule has 9 atom stereocenters. The molecule has 4 fully saturated rings. The monoisotopic (exact) mass is 481 g/mol. The average molecular weight is 482 g/mol. The van der Waals surface area contributed by atoms with E-state index in [4.69, 9.17) is 19.5 Å². The maximum Gasteiger partial charge on any atom is 0.472 e. The fourth-order valence-corrected chi connectivity index (χ4v) is 10.1. The highest BCUT2D eigenvalue weighted by Gasteiger charge is 2.68. The van der Waals surface area contributed by atoms with Crippen LogP contribution in [0.5, 0.6) is 0 Å². The maximum atomic E-state index is 12.3. The van der Waals surface area contributed by atoms with Crippen molar-refractivity contribution < 1.29 is 28.0 Å². The molecule has 3 unspecified atom stereocenters. The van der Waals surface area contributed by atoms with Gasteiger partial charge in [0, 0.05) is 18.0 Å². The average Bonchev–Trinajstić information content (AvgIpc) is 3.22. The predicted octanol–water partition coefficient (Wildman–Crippen LogP) is 4.73. The smallest absolute Gasteiger partial charge is 0.451 e. The second-order valence-corrected chi connectivity index (χ2v) is 13.2. The minimum absolute atomic E-state index is 0.0221. The molecule has 1 spiro atoms. The maximum absolute atomic E-state index is 12.3. The van der Waals surface area contributed by atoms with E-state index in [-0.39, 0.29) is 36.1 Å². The first-order valence-electron chi connectivity index (χ1n) is 12.8. The number of carbonyl (C=O) groups excluding carboxylic acids is 1. The molecule has 4 aliphatic carbocycles. The molecule has 0 aromatic heterocycles. The summed E-state index contributed by atoms with van der Waals surface area (Å²) in [6.07, 6.45) is 10.8.